The molecule has 8 nitrogen and oxygen atoms in total. The van der Waals surface area contributed by atoms with Crippen LogP contribution in [-0.4, -0.2) is 64.4 Å². The zero-order chi connectivity index (χ0) is 27.0. The summed E-state index contributed by atoms with van der Waals surface area (Å²) in [4.78, 5) is 20.9. The van der Waals surface area contributed by atoms with Crippen LogP contribution < -0.4 is 9.64 Å². The summed E-state index contributed by atoms with van der Waals surface area (Å²) >= 11 is 0. The van der Waals surface area contributed by atoms with Gasteiger partial charge in [-0.1, -0.05) is 25.1 Å². The third-order valence-corrected chi connectivity index (χ3v) is 8.70. The first-order valence-corrected chi connectivity index (χ1v) is 14.1. The number of aliphatic hydroxyl groups is 1. The number of piperidine rings is 1. The maximum Gasteiger partial charge on any atom is 0.324 e. The monoisotopic (exact) mass is 528 g/mol. The number of nitrogens with zero attached hydrogens (tertiary/aromatic N) is 4. The van der Waals surface area contributed by atoms with E-state index in [1.54, 1.807) is 30.9 Å². The molecule has 208 valence electrons. The quantitative estimate of drug-likeness (QED) is 0.488. The molecule has 1 N–H and O–H groups in total. The number of carbonyl (C=O) groups excluding carboxylic acids is 1. The molecule has 2 aliphatic heterocycles. The molecule has 38 heavy (non-hydrogen) atoms. The van der Waals surface area contributed by atoms with Crippen LogP contribution in [0, 0.1) is 29.5 Å². The van der Waals surface area contributed by atoms with Gasteiger partial charge in [0.15, 0.2) is 5.82 Å². The van der Waals surface area contributed by atoms with Crippen molar-refractivity contribution in [2.75, 3.05) is 37.7 Å². The van der Waals surface area contributed by atoms with Gasteiger partial charge in [0.05, 0.1) is 18.6 Å². The van der Waals surface area contributed by atoms with E-state index in [2.05, 4.69) is 28.9 Å². The summed E-state index contributed by atoms with van der Waals surface area (Å²) in [6.45, 7) is 11.2. The minimum Gasteiger partial charge on any atom is -0.493 e. The van der Waals surface area contributed by atoms with Crippen LogP contribution in [-0.2, 0) is 11.2 Å². The molecular weight excluding hydrogens is 487 g/mol. The molecule has 3 heterocycles. The first kappa shape index (κ1) is 26.9. The molecule has 2 atom stereocenters. The van der Waals surface area contributed by atoms with E-state index in [-0.39, 0.29) is 24.2 Å². The van der Waals surface area contributed by atoms with Crippen LogP contribution >= 0.6 is 0 Å². The van der Waals surface area contributed by atoms with Gasteiger partial charge in [-0.25, -0.2) is 4.39 Å². The van der Waals surface area contributed by atoms with Crippen LogP contribution in [0.1, 0.15) is 70.7 Å². The molecule has 3 fully saturated rings. The Labute approximate surface area is 224 Å². The van der Waals surface area contributed by atoms with E-state index in [1.807, 2.05) is 0 Å². The van der Waals surface area contributed by atoms with Gasteiger partial charge in [-0.2, -0.15) is 4.98 Å². The Balaban J connectivity index is 1.00. The fraction of sp³-hybridized carbons (Fsp3) is 0.690. The minimum absolute atomic E-state index is 0.0264. The molecule has 2 aromatic rings. The lowest BCUT2D eigenvalue weighted by molar-refractivity contribution is -0.143. The second-order valence-corrected chi connectivity index (χ2v) is 12.3. The van der Waals surface area contributed by atoms with Gasteiger partial charge in [0.2, 0.25) is 5.91 Å². The third-order valence-electron chi connectivity index (χ3n) is 8.70. The van der Waals surface area contributed by atoms with E-state index in [9.17, 15) is 14.3 Å². The SMILES string of the molecule is CC(C)c1noc(N2CCC([C@H]3C[C@H]3CCOc3ccc(CC(=O)N4CC(C(C)(C)O)C4)c(F)c3)CC2)n1. The van der Waals surface area contributed by atoms with Gasteiger partial charge in [0, 0.05) is 44.1 Å². The molecule has 0 spiro atoms. The number of amides is 1. The van der Waals surface area contributed by atoms with Gasteiger partial charge < -0.3 is 24.2 Å². The summed E-state index contributed by atoms with van der Waals surface area (Å²) in [5.74, 6) is 3.24. The molecule has 5 rings (SSSR count). The number of aromatic nitrogens is 2. The van der Waals surface area contributed by atoms with Crippen molar-refractivity contribution in [3.05, 3.63) is 35.4 Å². The number of benzene rings is 1. The molecule has 0 bridgehead atoms. The fourth-order valence-electron chi connectivity index (χ4n) is 5.78. The molecule has 9 heteroatoms. The lowest BCUT2D eigenvalue weighted by Crippen LogP contribution is -2.57. The van der Waals surface area contributed by atoms with Crippen LogP contribution in [0.4, 0.5) is 10.4 Å². The van der Waals surface area contributed by atoms with E-state index in [0.717, 1.165) is 50.0 Å². The van der Waals surface area contributed by atoms with Crippen LogP contribution in [0.2, 0.25) is 0 Å². The summed E-state index contributed by atoms with van der Waals surface area (Å²) < 4.78 is 26.0. The van der Waals surface area contributed by atoms with E-state index in [1.165, 1.54) is 12.5 Å². The Kier molecular flexibility index (Phi) is 7.67. The lowest BCUT2D eigenvalue weighted by atomic mass is 9.84. The van der Waals surface area contributed by atoms with Gasteiger partial charge in [-0.3, -0.25) is 4.79 Å². The average Bonchev–Trinajstić information content (AvgIpc) is 3.41. The number of carbonyl (C=O) groups is 1. The van der Waals surface area contributed by atoms with Gasteiger partial charge in [-0.15, -0.1) is 0 Å². The standard InChI is InChI=1S/C29H41FN4O4/c1-18(2)27-31-28(38-32-27)33-10-7-19(8-11-33)24-13-20(24)9-12-37-23-6-5-21(25(30)15-23)14-26(35)34-16-22(17-34)29(3,4)36/h5-6,15,18-20,22,24,36H,7-14,16-17H2,1-4H3/t20-,24-/m1/s1. The Morgan fingerprint density at radius 3 is 2.63 bits per heavy atom. The predicted molar refractivity (Wildman–Crippen MR) is 142 cm³/mol. The normalized spacial score (nSPS) is 22.6. The molecule has 1 aromatic carbocycles. The average molecular weight is 529 g/mol. The van der Waals surface area contributed by atoms with Crippen LogP contribution in [0.25, 0.3) is 0 Å². The number of hydrogen-bond donors (Lipinski definition) is 1. The van der Waals surface area contributed by atoms with E-state index in [4.69, 9.17) is 9.26 Å². The lowest BCUT2D eigenvalue weighted by Gasteiger charge is -2.45. The van der Waals surface area contributed by atoms with Crippen molar-refractivity contribution in [2.45, 2.75) is 71.3 Å². The van der Waals surface area contributed by atoms with Crippen molar-refractivity contribution in [2.24, 2.45) is 23.7 Å². The highest BCUT2D eigenvalue weighted by Crippen LogP contribution is 2.50. The Hall–Kier alpha value is -2.68. The molecule has 1 amide bonds. The van der Waals surface area contributed by atoms with Crippen molar-refractivity contribution >= 4 is 11.9 Å². The minimum atomic E-state index is -0.799. The van der Waals surface area contributed by atoms with Crippen molar-refractivity contribution < 1.29 is 23.6 Å². The molecule has 0 radical (unpaired) electrons. The maximum atomic E-state index is 14.7. The second kappa shape index (κ2) is 10.8. The van der Waals surface area contributed by atoms with Crippen molar-refractivity contribution in [3.63, 3.8) is 0 Å². The van der Waals surface area contributed by atoms with Crippen LogP contribution in [0.3, 0.4) is 0 Å². The first-order chi connectivity index (χ1) is 18.1. The summed E-state index contributed by atoms with van der Waals surface area (Å²) in [5.41, 5.74) is -0.420. The Morgan fingerprint density at radius 1 is 1.26 bits per heavy atom. The summed E-state index contributed by atoms with van der Waals surface area (Å²) in [7, 11) is 0. The smallest absolute Gasteiger partial charge is 0.324 e. The Morgan fingerprint density at radius 2 is 2.00 bits per heavy atom. The summed E-state index contributed by atoms with van der Waals surface area (Å²) in [5, 5.41) is 14.1. The zero-order valence-electron chi connectivity index (χ0n) is 23.0. The topological polar surface area (TPSA) is 91.9 Å². The predicted octanol–water partition coefficient (Wildman–Crippen LogP) is 4.43. The van der Waals surface area contributed by atoms with Gasteiger partial charge >= 0.3 is 6.01 Å². The van der Waals surface area contributed by atoms with E-state index in [0.29, 0.717) is 42.9 Å². The largest absolute Gasteiger partial charge is 0.493 e. The fourth-order valence-corrected chi connectivity index (χ4v) is 5.78. The number of ether oxygens (including phenoxy) is 1. The van der Waals surface area contributed by atoms with Gasteiger partial charge in [0.25, 0.3) is 0 Å². The van der Waals surface area contributed by atoms with Crippen molar-refractivity contribution in [1.82, 2.24) is 15.0 Å². The number of rotatable bonds is 10. The molecule has 1 aromatic heterocycles. The molecular formula is C29H41FN4O4. The second-order valence-electron chi connectivity index (χ2n) is 12.3. The van der Waals surface area contributed by atoms with Gasteiger partial charge in [0.1, 0.15) is 11.6 Å². The highest BCUT2D eigenvalue weighted by Gasteiger charge is 2.43. The highest BCUT2D eigenvalue weighted by molar-refractivity contribution is 5.79. The molecule has 1 saturated carbocycles. The number of likely N-dealkylation sites (tertiary alicyclic amines) is 1. The third kappa shape index (κ3) is 6.14. The van der Waals surface area contributed by atoms with Gasteiger partial charge in [-0.05, 0) is 68.9 Å². The number of hydrogen-bond acceptors (Lipinski definition) is 7. The van der Waals surface area contributed by atoms with Crippen LogP contribution in [0.5, 0.6) is 5.75 Å². The first-order valence-electron chi connectivity index (χ1n) is 14.1. The molecule has 2 saturated heterocycles. The highest BCUT2D eigenvalue weighted by atomic mass is 19.1. The number of anilines is 1. The molecule has 3 aliphatic rings. The van der Waals surface area contributed by atoms with E-state index >= 15 is 0 Å². The summed E-state index contributed by atoms with van der Waals surface area (Å²) in [6, 6.07) is 5.44. The summed E-state index contributed by atoms with van der Waals surface area (Å²) in [6.07, 6.45) is 4.53. The zero-order valence-corrected chi connectivity index (χ0v) is 23.0. The molecule has 1 aliphatic carbocycles. The number of halogens is 1. The van der Waals surface area contributed by atoms with E-state index < -0.39 is 11.4 Å². The maximum absolute atomic E-state index is 14.7. The Bertz CT molecular complexity index is 1120. The van der Waals surface area contributed by atoms with Crippen LogP contribution in [0.15, 0.2) is 22.7 Å². The van der Waals surface area contributed by atoms with Crippen molar-refractivity contribution in [1.29, 1.82) is 0 Å². The molecule has 0 unspecified atom stereocenters. The van der Waals surface area contributed by atoms with Crippen molar-refractivity contribution in [3.8, 4) is 5.75 Å².